The summed E-state index contributed by atoms with van der Waals surface area (Å²) in [6.07, 6.45) is 0. The lowest BCUT2D eigenvalue weighted by Gasteiger charge is -2.20. The molecule has 0 bridgehead atoms. The molecule has 2 aromatic heterocycles. The maximum Gasteiger partial charge on any atom is 0.260 e. The number of amides is 1. The van der Waals surface area contributed by atoms with Gasteiger partial charge in [-0.15, -0.1) is 11.3 Å². The molecule has 7 heteroatoms. The molecule has 0 unspecified atom stereocenters. The van der Waals surface area contributed by atoms with Crippen LogP contribution in [0.15, 0.2) is 28.2 Å². The molecule has 2 N–H and O–H groups in total. The molecule has 29 heavy (non-hydrogen) atoms. The molecule has 0 aliphatic heterocycles. The SMILES string of the molecule is Cc1sc2nc(SCC(=O)Nc3c(C(C)C)cccc3C(C)C)[nH]c(=O)c2c1C. The van der Waals surface area contributed by atoms with E-state index in [2.05, 4.69) is 55.1 Å². The van der Waals surface area contributed by atoms with Gasteiger partial charge >= 0.3 is 0 Å². The lowest BCUT2D eigenvalue weighted by Crippen LogP contribution is -2.18. The zero-order valence-corrected chi connectivity index (χ0v) is 19.3. The predicted molar refractivity (Wildman–Crippen MR) is 124 cm³/mol. The molecule has 0 atom stereocenters. The van der Waals surface area contributed by atoms with Gasteiger partial charge in [0.15, 0.2) is 5.16 Å². The predicted octanol–water partition coefficient (Wildman–Crippen LogP) is 5.58. The number of benzene rings is 1. The fourth-order valence-corrected chi connectivity index (χ4v) is 5.06. The summed E-state index contributed by atoms with van der Waals surface area (Å²) < 4.78 is 0. The van der Waals surface area contributed by atoms with Crippen molar-refractivity contribution < 1.29 is 4.79 Å². The normalized spacial score (nSPS) is 11.6. The minimum atomic E-state index is -0.146. The molecule has 1 amide bonds. The van der Waals surface area contributed by atoms with E-state index in [1.54, 1.807) is 0 Å². The molecule has 5 nitrogen and oxygen atoms in total. The largest absolute Gasteiger partial charge is 0.325 e. The van der Waals surface area contributed by atoms with Crippen LogP contribution in [0.3, 0.4) is 0 Å². The quantitative estimate of drug-likeness (QED) is 0.396. The number of aromatic amines is 1. The molecule has 0 spiro atoms. The molecule has 3 rings (SSSR count). The number of hydrogen-bond acceptors (Lipinski definition) is 5. The Morgan fingerprint density at radius 2 is 1.79 bits per heavy atom. The summed E-state index contributed by atoms with van der Waals surface area (Å²) in [5.74, 6) is 0.693. The van der Waals surface area contributed by atoms with Crippen molar-refractivity contribution >= 4 is 44.9 Å². The molecule has 0 aliphatic carbocycles. The highest BCUT2D eigenvalue weighted by Gasteiger charge is 2.17. The smallest absolute Gasteiger partial charge is 0.260 e. The molecule has 154 valence electrons. The lowest BCUT2D eigenvalue weighted by molar-refractivity contribution is -0.113. The van der Waals surface area contributed by atoms with Gasteiger partial charge in [0, 0.05) is 10.6 Å². The number of rotatable bonds is 6. The number of aromatic nitrogens is 2. The Morgan fingerprint density at radius 3 is 2.38 bits per heavy atom. The number of H-pyrrole nitrogens is 1. The highest BCUT2D eigenvalue weighted by Crippen LogP contribution is 2.33. The first-order valence-corrected chi connectivity index (χ1v) is 11.5. The van der Waals surface area contributed by atoms with Crippen LogP contribution in [-0.2, 0) is 4.79 Å². The van der Waals surface area contributed by atoms with Crippen molar-refractivity contribution in [1.82, 2.24) is 9.97 Å². The maximum atomic E-state index is 12.7. The van der Waals surface area contributed by atoms with E-state index >= 15 is 0 Å². The molecule has 0 aliphatic rings. The van der Waals surface area contributed by atoms with Gasteiger partial charge in [0.05, 0.1) is 11.1 Å². The van der Waals surface area contributed by atoms with Crippen molar-refractivity contribution in [2.24, 2.45) is 0 Å². The van der Waals surface area contributed by atoms with E-state index in [0.29, 0.717) is 22.4 Å². The van der Waals surface area contributed by atoms with Crippen LogP contribution in [0.25, 0.3) is 10.2 Å². The molecule has 1 aromatic carbocycles. The number of thioether (sulfide) groups is 1. The van der Waals surface area contributed by atoms with Crippen LogP contribution in [0, 0.1) is 13.8 Å². The Kier molecular flexibility index (Phi) is 6.49. The third kappa shape index (κ3) is 4.56. The van der Waals surface area contributed by atoms with Crippen molar-refractivity contribution in [1.29, 1.82) is 0 Å². The van der Waals surface area contributed by atoms with E-state index in [-0.39, 0.29) is 17.2 Å². The first-order valence-electron chi connectivity index (χ1n) is 9.74. The second-order valence-corrected chi connectivity index (χ2v) is 9.96. The van der Waals surface area contributed by atoms with Crippen LogP contribution in [0.5, 0.6) is 0 Å². The molecule has 3 aromatic rings. The summed E-state index contributed by atoms with van der Waals surface area (Å²) in [5.41, 5.74) is 4.00. The van der Waals surface area contributed by atoms with Crippen LogP contribution in [0.4, 0.5) is 5.69 Å². The van der Waals surface area contributed by atoms with Crippen molar-refractivity contribution in [2.75, 3.05) is 11.1 Å². The van der Waals surface area contributed by atoms with Crippen molar-refractivity contribution in [3.63, 3.8) is 0 Å². The van der Waals surface area contributed by atoms with Gasteiger partial charge in [-0.25, -0.2) is 4.98 Å². The second-order valence-electron chi connectivity index (χ2n) is 7.79. The van der Waals surface area contributed by atoms with Gasteiger partial charge in [-0.3, -0.25) is 9.59 Å². The van der Waals surface area contributed by atoms with Crippen molar-refractivity contribution in [3.8, 4) is 0 Å². The van der Waals surface area contributed by atoms with Crippen molar-refractivity contribution in [3.05, 3.63) is 50.1 Å². The Balaban J connectivity index is 1.79. The number of hydrogen-bond donors (Lipinski definition) is 2. The number of aryl methyl sites for hydroxylation is 2. The maximum absolute atomic E-state index is 12.7. The highest BCUT2D eigenvalue weighted by atomic mass is 32.2. The van der Waals surface area contributed by atoms with Gasteiger partial charge in [0.25, 0.3) is 5.56 Å². The third-order valence-electron chi connectivity index (χ3n) is 4.99. The monoisotopic (exact) mass is 429 g/mol. The summed E-state index contributed by atoms with van der Waals surface area (Å²) >= 11 is 2.76. The van der Waals surface area contributed by atoms with Gasteiger partial charge in [0.1, 0.15) is 4.83 Å². The third-order valence-corrected chi connectivity index (χ3v) is 6.97. The second kappa shape index (κ2) is 8.71. The van der Waals surface area contributed by atoms with Crippen LogP contribution in [0.1, 0.15) is 61.1 Å². The Hall–Kier alpha value is -2.12. The summed E-state index contributed by atoms with van der Waals surface area (Å²) in [4.78, 5) is 34.2. The van der Waals surface area contributed by atoms with E-state index in [1.165, 1.54) is 23.1 Å². The summed E-state index contributed by atoms with van der Waals surface area (Å²) in [6.45, 7) is 12.4. The van der Waals surface area contributed by atoms with Gasteiger partial charge in [-0.2, -0.15) is 0 Å². The fourth-order valence-electron chi connectivity index (χ4n) is 3.31. The Labute approximate surface area is 179 Å². The van der Waals surface area contributed by atoms with Crippen molar-refractivity contribution in [2.45, 2.75) is 58.5 Å². The standard InChI is InChI=1S/C22H27N3O2S2/c1-11(2)15-8-7-9-16(12(3)4)19(15)23-17(26)10-28-22-24-20(27)18-13(5)14(6)29-21(18)25-22/h7-9,11-12H,10H2,1-6H3,(H,23,26)(H,24,25,27). The Bertz CT molecular complexity index is 1090. The zero-order valence-electron chi connectivity index (χ0n) is 17.7. The molecule has 0 saturated carbocycles. The van der Waals surface area contributed by atoms with E-state index in [1.807, 2.05) is 19.9 Å². The first-order chi connectivity index (χ1) is 13.7. The van der Waals surface area contributed by atoms with E-state index < -0.39 is 0 Å². The molecule has 0 fully saturated rings. The summed E-state index contributed by atoms with van der Waals surface area (Å²) in [6, 6.07) is 6.17. The number of nitrogens with one attached hydrogen (secondary N) is 2. The van der Waals surface area contributed by atoms with E-state index in [0.717, 1.165) is 32.1 Å². The van der Waals surface area contributed by atoms with Crippen LogP contribution < -0.4 is 10.9 Å². The first kappa shape index (κ1) is 21.6. The van der Waals surface area contributed by atoms with Crippen LogP contribution >= 0.6 is 23.1 Å². The summed E-state index contributed by atoms with van der Waals surface area (Å²) in [5, 5.41) is 4.22. The number of fused-ring (bicyclic) bond motifs is 1. The van der Waals surface area contributed by atoms with Crippen LogP contribution in [0.2, 0.25) is 0 Å². The topological polar surface area (TPSA) is 74.8 Å². The Morgan fingerprint density at radius 1 is 1.17 bits per heavy atom. The average Bonchev–Trinajstić information content (AvgIpc) is 2.94. The highest BCUT2D eigenvalue weighted by molar-refractivity contribution is 7.99. The zero-order chi connectivity index (χ0) is 21.3. The average molecular weight is 430 g/mol. The summed E-state index contributed by atoms with van der Waals surface area (Å²) in [7, 11) is 0. The number of carbonyl (C=O) groups is 1. The number of anilines is 1. The lowest BCUT2D eigenvalue weighted by atomic mass is 9.92. The number of nitrogens with zero attached hydrogens (tertiary/aromatic N) is 1. The van der Waals surface area contributed by atoms with E-state index in [9.17, 15) is 9.59 Å². The minimum absolute atomic E-state index is 0.105. The van der Waals surface area contributed by atoms with Gasteiger partial charge in [0.2, 0.25) is 5.91 Å². The molecule has 0 saturated heterocycles. The molecule has 2 heterocycles. The molecular formula is C22H27N3O2S2. The van der Waals surface area contributed by atoms with Gasteiger partial charge in [-0.05, 0) is 42.4 Å². The number of thiophene rings is 1. The van der Waals surface area contributed by atoms with E-state index in [4.69, 9.17) is 0 Å². The fraction of sp³-hybridized carbons (Fsp3) is 0.409. The number of carbonyl (C=O) groups excluding carboxylic acids is 1. The minimum Gasteiger partial charge on any atom is -0.325 e. The van der Waals surface area contributed by atoms with Gasteiger partial charge in [-0.1, -0.05) is 57.7 Å². The molecular weight excluding hydrogens is 402 g/mol. The number of para-hydroxylation sites is 1. The van der Waals surface area contributed by atoms with Gasteiger partial charge < -0.3 is 10.3 Å². The van der Waals surface area contributed by atoms with Crippen LogP contribution in [-0.4, -0.2) is 21.6 Å². The molecule has 0 radical (unpaired) electrons.